The van der Waals surface area contributed by atoms with E-state index < -0.39 is 36.4 Å². The first-order valence-electron chi connectivity index (χ1n) is 9.64. The Morgan fingerprint density at radius 1 is 1.14 bits per heavy atom. The summed E-state index contributed by atoms with van der Waals surface area (Å²) in [6, 6.07) is 5.82. The predicted octanol–water partition coefficient (Wildman–Crippen LogP) is 1.91. The number of likely N-dealkylation sites (tertiary alicyclic amines) is 1. The summed E-state index contributed by atoms with van der Waals surface area (Å²) in [5, 5.41) is 2.62. The van der Waals surface area contributed by atoms with E-state index in [4.69, 9.17) is 9.47 Å². The number of carbonyl (C=O) groups excluding carboxylic acids is 4. The third-order valence-corrected chi connectivity index (χ3v) is 5.08. The second-order valence-corrected chi connectivity index (χ2v) is 6.96. The van der Waals surface area contributed by atoms with Crippen LogP contribution < -0.4 is 10.1 Å². The van der Waals surface area contributed by atoms with E-state index in [1.54, 1.807) is 24.3 Å². The molecule has 1 saturated heterocycles. The van der Waals surface area contributed by atoms with Crippen molar-refractivity contribution in [3.63, 3.8) is 0 Å². The van der Waals surface area contributed by atoms with Crippen molar-refractivity contribution in [2.24, 2.45) is 11.8 Å². The standard InChI is InChI=1S/C21H24N2O6/c1-3-28-17-11-7-6-10-16(17)22-18(24)12-29-21(27)13(2)23-19(25)14-8-4-5-9-15(14)20(23)26/h4-7,10-11,13-15H,3,8-9,12H2,1-2H3,(H,22,24)/t13-,14-,15-/m0/s1. The lowest BCUT2D eigenvalue weighted by atomic mass is 9.85. The summed E-state index contributed by atoms with van der Waals surface area (Å²) < 4.78 is 10.5. The fourth-order valence-corrected chi connectivity index (χ4v) is 3.61. The first kappa shape index (κ1) is 20.6. The molecule has 0 spiro atoms. The van der Waals surface area contributed by atoms with Crippen molar-refractivity contribution < 1.29 is 28.7 Å². The molecule has 1 aliphatic heterocycles. The molecule has 0 bridgehead atoms. The minimum atomic E-state index is -1.08. The molecular weight excluding hydrogens is 376 g/mol. The number of esters is 1. The lowest BCUT2D eigenvalue weighted by molar-refractivity contribution is -0.159. The molecule has 2 aliphatic rings. The van der Waals surface area contributed by atoms with E-state index in [1.165, 1.54) is 6.92 Å². The molecule has 8 nitrogen and oxygen atoms in total. The van der Waals surface area contributed by atoms with E-state index in [0.29, 0.717) is 30.9 Å². The molecule has 0 radical (unpaired) electrons. The summed E-state index contributed by atoms with van der Waals surface area (Å²) in [4.78, 5) is 50.6. The van der Waals surface area contributed by atoms with Crippen LogP contribution in [-0.4, -0.2) is 47.8 Å². The van der Waals surface area contributed by atoms with Crippen molar-refractivity contribution in [2.75, 3.05) is 18.5 Å². The largest absolute Gasteiger partial charge is 0.492 e. The number of rotatable bonds is 7. The number of allylic oxidation sites excluding steroid dienone is 2. The number of amides is 3. The van der Waals surface area contributed by atoms with Gasteiger partial charge in [0.15, 0.2) is 6.61 Å². The highest BCUT2D eigenvalue weighted by Gasteiger charge is 2.50. The second kappa shape index (κ2) is 8.89. The number of hydrogen-bond donors (Lipinski definition) is 1. The molecule has 8 heteroatoms. The summed E-state index contributed by atoms with van der Waals surface area (Å²) in [5.74, 6) is -2.39. The minimum absolute atomic E-state index is 0.358. The van der Waals surface area contributed by atoms with E-state index in [-0.39, 0.29) is 11.8 Å². The number of nitrogens with zero attached hydrogens (tertiary/aromatic N) is 1. The molecule has 3 rings (SSSR count). The topological polar surface area (TPSA) is 102 Å². The number of hydrogen-bond acceptors (Lipinski definition) is 6. The summed E-state index contributed by atoms with van der Waals surface area (Å²) in [6.07, 6.45) is 4.75. The number of carbonyl (C=O) groups is 4. The van der Waals surface area contributed by atoms with Crippen molar-refractivity contribution in [1.29, 1.82) is 0 Å². The van der Waals surface area contributed by atoms with E-state index in [9.17, 15) is 19.2 Å². The maximum absolute atomic E-state index is 12.5. The Labute approximate surface area is 168 Å². The number of ether oxygens (including phenoxy) is 2. The van der Waals surface area contributed by atoms with Gasteiger partial charge in [-0.3, -0.25) is 19.3 Å². The van der Waals surface area contributed by atoms with Gasteiger partial charge in [0, 0.05) is 0 Å². The van der Waals surface area contributed by atoms with Crippen LogP contribution in [0.4, 0.5) is 5.69 Å². The van der Waals surface area contributed by atoms with E-state index in [2.05, 4.69) is 5.32 Å². The molecular formula is C21H24N2O6. The smallest absolute Gasteiger partial charge is 0.329 e. The molecule has 1 N–H and O–H groups in total. The zero-order valence-electron chi connectivity index (χ0n) is 16.4. The number of benzene rings is 1. The maximum atomic E-state index is 12.5. The van der Waals surface area contributed by atoms with Crippen molar-refractivity contribution in [3.8, 4) is 5.75 Å². The number of anilines is 1. The molecule has 0 aromatic heterocycles. The number of fused-ring (bicyclic) bond motifs is 1. The van der Waals surface area contributed by atoms with Crippen LogP contribution in [0.15, 0.2) is 36.4 Å². The van der Waals surface area contributed by atoms with Gasteiger partial charge in [-0.25, -0.2) is 4.79 Å². The highest BCUT2D eigenvalue weighted by Crippen LogP contribution is 2.36. The Morgan fingerprint density at radius 2 is 1.76 bits per heavy atom. The van der Waals surface area contributed by atoms with Crippen LogP contribution in [0.3, 0.4) is 0 Å². The number of para-hydroxylation sites is 2. The van der Waals surface area contributed by atoms with Crippen LogP contribution in [0.25, 0.3) is 0 Å². The Balaban J connectivity index is 1.56. The summed E-state index contributed by atoms with van der Waals surface area (Å²) in [6.45, 7) is 3.17. The van der Waals surface area contributed by atoms with Gasteiger partial charge < -0.3 is 14.8 Å². The molecule has 0 unspecified atom stereocenters. The predicted molar refractivity (Wildman–Crippen MR) is 104 cm³/mol. The third-order valence-electron chi connectivity index (χ3n) is 5.08. The molecule has 1 aromatic carbocycles. The van der Waals surface area contributed by atoms with Gasteiger partial charge in [0.25, 0.3) is 5.91 Å². The van der Waals surface area contributed by atoms with Crippen LogP contribution in [-0.2, 0) is 23.9 Å². The van der Waals surface area contributed by atoms with Gasteiger partial charge in [-0.1, -0.05) is 24.3 Å². The molecule has 3 amide bonds. The fraction of sp³-hybridized carbons (Fsp3) is 0.429. The normalized spacial score (nSPS) is 21.5. The fourth-order valence-electron chi connectivity index (χ4n) is 3.61. The van der Waals surface area contributed by atoms with Gasteiger partial charge in [-0.15, -0.1) is 0 Å². The van der Waals surface area contributed by atoms with Crippen LogP contribution in [0, 0.1) is 11.8 Å². The van der Waals surface area contributed by atoms with Crippen molar-refractivity contribution in [1.82, 2.24) is 4.90 Å². The summed E-state index contributed by atoms with van der Waals surface area (Å²) in [7, 11) is 0. The van der Waals surface area contributed by atoms with Gasteiger partial charge >= 0.3 is 5.97 Å². The molecule has 154 valence electrons. The highest BCUT2D eigenvalue weighted by molar-refractivity contribution is 6.08. The average Bonchev–Trinajstić information content (AvgIpc) is 2.98. The zero-order valence-corrected chi connectivity index (χ0v) is 16.4. The summed E-state index contributed by atoms with van der Waals surface area (Å²) >= 11 is 0. The van der Waals surface area contributed by atoms with Crippen LogP contribution in [0.5, 0.6) is 5.75 Å². The average molecular weight is 400 g/mol. The minimum Gasteiger partial charge on any atom is -0.492 e. The zero-order chi connectivity index (χ0) is 21.0. The van der Waals surface area contributed by atoms with E-state index >= 15 is 0 Å². The Morgan fingerprint density at radius 3 is 2.38 bits per heavy atom. The van der Waals surface area contributed by atoms with E-state index in [1.807, 2.05) is 19.1 Å². The SMILES string of the molecule is CCOc1ccccc1NC(=O)COC(=O)[C@H](C)N1C(=O)[C@H]2CC=CC[C@@H]2C1=O. The third kappa shape index (κ3) is 4.31. The van der Waals surface area contributed by atoms with Crippen molar-refractivity contribution >= 4 is 29.4 Å². The molecule has 1 aromatic rings. The molecule has 1 heterocycles. The summed E-state index contributed by atoms with van der Waals surface area (Å²) in [5.41, 5.74) is 0.463. The van der Waals surface area contributed by atoms with Crippen molar-refractivity contribution in [3.05, 3.63) is 36.4 Å². The number of imide groups is 1. The Hall–Kier alpha value is -3.16. The Kier molecular flexibility index (Phi) is 6.31. The van der Waals surface area contributed by atoms with Gasteiger partial charge in [-0.05, 0) is 38.8 Å². The van der Waals surface area contributed by atoms with E-state index in [0.717, 1.165) is 4.90 Å². The van der Waals surface area contributed by atoms with Crippen molar-refractivity contribution in [2.45, 2.75) is 32.7 Å². The molecule has 29 heavy (non-hydrogen) atoms. The maximum Gasteiger partial charge on any atom is 0.329 e. The van der Waals surface area contributed by atoms with Gasteiger partial charge in [0.2, 0.25) is 11.8 Å². The molecule has 0 saturated carbocycles. The van der Waals surface area contributed by atoms with Gasteiger partial charge in [-0.2, -0.15) is 0 Å². The molecule has 1 fully saturated rings. The number of nitrogens with one attached hydrogen (secondary N) is 1. The quantitative estimate of drug-likeness (QED) is 0.426. The first-order chi connectivity index (χ1) is 13.9. The highest BCUT2D eigenvalue weighted by atomic mass is 16.5. The second-order valence-electron chi connectivity index (χ2n) is 6.96. The van der Waals surface area contributed by atoms with Crippen LogP contribution >= 0.6 is 0 Å². The van der Waals surface area contributed by atoms with Gasteiger partial charge in [0.05, 0.1) is 24.1 Å². The first-order valence-corrected chi connectivity index (χ1v) is 9.64. The molecule has 3 atom stereocenters. The monoisotopic (exact) mass is 400 g/mol. The lowest BCUT2D eigenvalue weighted by Gasteiger charge is -2.21. The van der Waals surface area contributed by atoms with Crippen LogP contribution in [0.1, 0.15) is 26.7 Å². The molecule has 1 aliphatic carbocycles. The van der Waals surface area contributed by atoms with Crippen LogP contribution in [0.2, 0.25) is 0 Å². The lowest BCUT2D eigenvalue weighted by Crippen LogP contribution is -2.45. The Bertz CT molecular complexity index is 823. The van der Waals surface area contributed by atoms with Gasteiger partial charge in [0.1, 0.15) is 11.8 Å².